The van der Waals surface area contributed by atoms with Crippen molar-refractivity contribution in [2.75, 3.05) is 7.11 Å². The number of aromatic nitrogens is 1. The molecule has 0 saturated carbocycles. The first-order valence-corrected chi connectivity index (χ1v) is 6.29. The number of ether oxygens (including phenoxy) is 2. The SMILES string of the molecule is COc1ccc(OCc2c[nH]c3c(F)cccc23)cc1. The van der Waals surface area contributed by atoms with Crippen molar-refractivity contribution < 1.29 is 13.9 Å². The van der Waals surface area contributed by atoms with Crippen molar-refractivity contribution in [2.45, 2.75) is 6.61 Å². The molecule has 0 fully saturated rings. The summed E-state index contributed by atoms with van der Waals surface area (Å²) in [6.45, 7) is 0.385. The Balaban J connectivity index is 1.78. The summed E-state index contributed by atoms with van der Waals surface area (Å²) < 4.78 is 24.3. The molecule has 0 bridgehead atoms. The van der Waals surface area contributed by atoms with Gasteiger partial charge in [-0.3, -0.25) is 0 Å². The van der Waals surface area contributed by atoms with Gasteiger partial charge >= 0.3 is 0 Å². The van der Waals surface area contributed by atoms with E-state index >= 15 is 0 Å². The van der Waals surface area contributed by atoms with E-state index in [1.54, 1.807) is 19.4 Å². The Kier molecular flexibility index (Phi) is 3.29. The molecule has 1 aromatic heterocycles. The summed E-state index contributed by atoms with van der Waals surface area (Å²) in [6, 6.07) is 12.4. The van der Waals surface area contributed by atoms with Crippen LogP contribution in [-0.2, 0) is 6.61 Å². The second-order valence-corrected chi connectivity index (χ2v) is 4.44. The number of fused-ring (bicyclic) bond motifs is 1. The lowest BCUT2D eigenvalue weighted by Gasteiger charge is -2.06. The van der Waals surface area contributed by atoms with Gasteiger partial charge in [-0.25, -0.2) is 4.39 Å². The molecule has 4 heteroatoms. The molecule has 0 radical (unpaired) electrons. The summed E-state index contributed by atoms with van der Waals surface area (Å²) in [5.41, 5.74) is 1.44. The van der Waals surface area contributed by atoms with E-state index in [1.165, 1.54) is 6.07 Å². The molecule has 1 N–H and O–H groups in total. The molecule has 0 aliphatic rings. The van der Waals surface area contributed by atoms with E-state index in [2.05, 4.69) is 4.98 Å². The molecule has 0 spiro atoms. The van der Waals surface area contributed by atoms with Crippen LogP contribution in [0.3, 0.4) is 0 Å². The van der Waals surface area contributed by atoms with Gasteiger partial charge in [0.2, 0.25) is 0 Å². The summed E-state index contributed by atoms with van der Waals surface area (Å²) in [6.07, 6.45) is 1.78. The highest BCUT2D eigenvalue weighted by Crippen LogP contribution is 2.23. The third-order valence-electron chi connectivity index (χ3n) is 3.20. The summed E-state index contributed by atoms with van der Waals surface area (Å²) >= 11 is 0. The molecule has 0 saturated heterocycles. The van der Waals surface area contributed by atoms with E-state index in [9.17, 15) is 4.39 Å². The average Bonchev–Trinajstić information content (AvgIpc) is 2.90. The number of benzene rings is 2. The minimum atomic E-state index is -0.252. The van der Waals surface area contributed by atoms with E-state index in [1.807, 2.05) is 30.3 Å². The second-order valence-electron chi connectivity index (χ2n) is 4.44. The van der Waals surface area contributed by atoms with Crippen LogP contribution in [0.1, 0.15) is 5.56 Å². The maximum atomic E-state index is 13.6. The molecule has 0 amide bonds. The Morgan fingerprint density at radius 2 is 1.80 bits per heavy atom. The smallest absolute Gasteiger partial charge is 0.147 e. The minimum absolute atomic E-state index is 0.252. The standard InChI is InChI=1S/C16H14FNO2/c1-19-12-5-7-13(8-6-12)20-10-11-9-18-16-14(11)3-2-4-15(16)17/h2-9,18H,10H2,1H3. The topological polar surface area (TPSA) is 34.2 Å². The summed E-state index contributed by atoms with van der Waals surface area (Å²) in [4.78, 5) is 2.94. The van der Waals surface area contributed by atoms with Gasteiger partial charge in [-0.2, -0.15) is 0 Å². The van der Waals surface area contributed by atoms with Gasteiger partial charge in [0.05, 0.1) is 12.6 Å². The minimum Gasteiger partial charge on any atom is -0.497 e. The Bertz CT molecular complexity index is 719. The lowest BCUT2D eigenvalue weighted by atomic mass is 10.2. The van der Waals surface area contributed by atoms with Gasteiger partial charge in [-0.05, 0) is 30.3 Å². The van der Waals surface area contributed by atoms with Crippen LogP contribution in [0.2, 0.25) is 0 Å². The van der Waals surface area contributed by atoms with Crippen LogP contribution < -0.4 is 9.47 Å². The van der Waals surface area contributed by atoms with Crippen LogP contribution in [-0.4, -0.2) is 12.1 Å². The molecule has 3 aromatic rings. The number of para-hydroxylation sites is 1. The third-order valence-corrected chi connectivity index (χ3v) is 3.20. The maximum Gasteiger partial charge on any atom is 0.147 e. The first kappa shape index (κ1) is 12.5. The van der Waals surface area contributed by atoms with Gasteiger partial charge in [0.1, 0.15) is 23.9 Å². The van der Waals surface area contributed by atoms with Gasteiger partial charge in [0, 0.05) is 17.1 Å². The Morgan fingerprint density at radius 1 is 1.05 bits per heavy atom. The lowest BCUT2D eigenvalue weighted by Crippen LogP contribution is -1.94. The monoisotopic (exact) mass is 271 g/mol. The summed E-state index contributed by atoms with van der Waals surface area (Å²) in [5.74, 6) is 1.28. The second kappa shape index (κ2) is 5.25. The molecule has 0 atom stereocenters. The fraction of sp³-hybridized carbons (Fsp3) is 0.125. The van der Waals surface area contributed by atoms with Crippen molar-refractivity contribution in [1.82, 2.24) is 4.98 Å². The van der Waals surface area contributed by atoms with Crippen LogP contribution >= 0.6 is 0 Å². The van der Waals surface area contributed by atoms with Crippen molar-refractivity contribution in [3.63, 3.8) is 0 Å². The highest BCUT2D eigenvalue weighted by Gasteiger charge is 2.07. The highest BCUT2D eigenvalue weighted by molar-refractivity contribution is 5.83. The maximum absolute atomic E-state index is 13.6. The number of hydrogen-bond donors (Lipinski definition) is 1. The molecular formula is C16H14FNO2. The van der Waals surface area contributed by atoms with Crippen molar-refractivity contribution in [1.29, 1.82) is 0 Å². The van der Waals surface area contributed by atoms with Crippen LogP contribution in [0.25, 0.3) is 10.9 Å². The normalized spacial score (nSPS) is 10.7. The zero-order valence-corrected chi connectivity index (χ0v) is 11.0. The molecular weight excluding hydrogens is 257 g/mol. The Hall–Kier alpha value is -2.49. The molecule has 1 heterocycles. The Labute approximate surface area is 116 Å². The predicted octanol–water partition coefficient (Wildman–Crippen LogP) is 3.89. The number of rotatable bonds is 4. The van der Waals surface area contributed by atoms with Gasteiger partial charge in [-0.15, -0.1) is 0 Å². The van der Waals surface area contributed by atoms with Gasteiger partial charge in [0.15, 0.2) is 0 Å². The molecule has 0 aliphatic carbocycles. The summed E-state index contributed by atoms with van der Waals surface area (Å²) in [7, 11) is 1.62. The summed E-state index contributed by atoms with van der Waals surface area (Å²) in [5, 5.41) is 0.846. The van der Waals surface area contributed by atoms with Crippen LogP contribution in [0.5, 0.6) is 11.5 Å². The number of methoxy groups -OCH3 is 1. The lowest BCUT2D eigenvalue weighted by molar-refractivity contribution is 0.307. The average molecular weight is 271 g/mol. The molecule has 20 heavy (non-hydrogen) atoms. The molecule has 102 valence electrons. The van der Waals surface area contributed by atoms with Crippen molar-refractivity contribution >= 4 is 10.9 Å². The first-order chi connectivity index (χ1) is 9.78. The number of H-pyrrole nitrogens is 1. The molecule has 3 rings (SSSR count). The van der Waals surface area contributed by atoms with Crippen LogP contribution in [0.4, 0.5) is 4.39 Å². The van der Waals surface area contributed by atoms with Crippen LogP contribution in [0.15, 0.2) is 48.7 Å². The predicted molar refractivity (Wildman–Crippen MR) is 75.6 cm³/mol. The zero-order chi connectivity index (χ0) is 13.9. The van der Waals surface area contributed by atoms with E-state index < -0.39 is 0 Å². The van der Waals surface area contributed by atoms with Crippen molar-refractivity contribution in [3.8, 4) is 11.5 Å². The molecule has 2 aromatic carbocycles. The quantitative estimate of drug-likeness (QED) is 0.781. The van der Waals surface area contributed by atoms with E-state index in [0.29, 0.717) is 12.1 Å². The van der Waals surface area contributed by atoms with Crippen molar-refractivity contribution in [3.05, 3.63) is 60.0 Å². The first-order valence-electron chi connectivity index (χ1n) is 6.29. The van der Waals surface area contributed by atoms with Gasteiger partial charge < -0.3 is 14.5 Å². The number of halogens is 1. The fourth-order valence-electron chi connectivity index (χ4n) is 2.13. The number of aromatic amines is 1. The van der Waals surface area contributed by atoms with Crippen LogP contribution in [0, 0.1) is 5.82 Å². The number of hydrogen-bond acceptors (Lipinski definition) is 2. The van der Waals surface area contributed by atoms with E-state index in [4.69, 9.17) is 9.47 Å². The van der Waals surface area contributed by atoms with Gasteiger partial charge in [0.25, 0.3) is 0 Å². The largest absolute Gasteiger partial charge is 0.497 e. The fourth-order valence-corrected chi connectivity index (χ4v) is 2.13. The molecule has 0 aliphatic heterocycles. The van der Waals surface area contributed by atoms with Gasteiger partial charge in [-0.1, -0.05) is 12.1 Å². The number of nitrogens with one attached hydrogen (secondary N) is 1. The third kappa shape index (κ3) is 2.32. The zero-order valence-electron chi connectivity index (χ0n) is 11.0. The molecule has 0 unspecified atom stereocenters. The van der Waals surface area contributed by atoms with E-state index in [-0.39, 0.29) is 5.82 Å². The molecule has 3 nitrogen and oxygen atoms in total. The Morgan fingerprint density at radius 3 is 2.55 bits per heavy atom. The highest BCUT2D eigenvalue weighted by atomic mass is 19.1. The van der Waals surface area contributed by atoms with Crippen molar-refractivity contribution in [2.24, 2.45) is 0 Å². The van der Waals surface area contributed by atoms with E-state index in [0.717, 1.165) is 22.4 Å².